The van der Waals surface area contributed by atoms with Gasteiger partial charge in [-0.15, -0.1) is 0 Å². The van der Waals surface area contributed by atoms with E-state index in [0.717, 1.165) is 11.5 Å². The van der Waals surface area contributed by atoms with E-state index in [0.29, 0.717) is 13.0 Å². The number of fused-ring (bicyclic) bond motifs is 2. The van der Waals surface area contributed by atoms with Crippen LogP contribution >= 0.6 is 0 Å². The lowest BCUT2D eigenvalue weighted by Gasteiger charge is -2.32. The molecule has 0 spiro atoms. The molecule has 0 heterocycles. The molecule has 2 saturated carbocycles. The van der Waals surface area contributed by atoms with Crippen molar-refractivity contribution >= 4 is 6.09 Å². The molecule has 2 aliphatic rings. The van der Waals surface area contributed by atoms with Gasteiger partial charge in [0, 0.05) is 12.1 Å². The molecule has 3 rings (SSSR count). The molecule has 0 unspecified atom stereocenters. The third kappa shape index (κ3) is 5.69. The number of β-amino-alcohol motifs (C(OH)–C–C–N with tert-alkyl or cyclic N) is 1. The molecule has 1 aromatic rings. The van der Waals surface area contributed by atoms with Gasteiger partial charge in [0.05, 0.1) is 12.1 Å². The topological polar surface area (TPSA) is 70.6 Å². The van der Waals surface area contributed by atoms with Crippen molar-refractivity contribution in [2.75, 3.05) is 6.54 Å². The third-order valence-electron chi connectivity index (χ3n) is 5.89. The maximum atomic E-state index is 12.3. The fourth-order valence-corrected chi connectivity index (χ4v) is 4.51. The number of rotatable bonds is 7. The zero-order valence-corrected chi connectivity index (χ0v) is 16.8. The van der Waals surface area contributed by atoms with Crippen LogP contribution in [0.25, 0.3) is 0 Å². The Kier molecular flexibility index (Phi) is 6.11. The van der Waals surface area contributed by atoms with Crippen LogP contribution in [-0.4, -0.2) is 41.0 Å². The Labute approximate surface area is 162 Å². The van der Waals surface area contributed by atoms with Gasteiger partial charge in [0.25, 0.3) is 0 Å². The molecule has 150 valence electrons. The van der Waals surface area contributed by atoms with Crippen molar-refractivity contribution < 1.29 is 14.6 Å². The van der Waals surface area contributed by atoms with E-state index in [-0.39, 0.29) is 5.54 Å². The Morgan fingerprint density at radius 3 is 2.48 bits per heavy atom. The zero-order valence-electron chi connectivity index (χ0n) is 16.8. The summed E-state index contributed by atoms with van der Waals surface area (Å²) in [6.45, 7) is 6.01. The first kappa shape index (κ1) is 20.2. The van der Waals surface area contributed by atoms with E-state index >= 15 is 0 Å². The molecule has 0 saturated heterocycles. The lowest BCUT2D eigenvalue weighted by atomic mass is 9.93. The second kappa shape index (κ2) is 8.19. The highest BCUT2D eigenvalue weighted by atomic mass is 16.6. The van der Waals surface area contributed by atoms with Gasteiger partial charge in [-0.3, -0.25) is 0 Å². The molecule has 0 aromatic heterocycles. The Morgan fingerprint density at radius 1 is 1.26 bits per heavy atom. The number of hydrogen-bond acceptors (Lipinski definition) is 4. The molecule has 0 aliphatic heterocycles. The molecule has 5 heteroatoms. The molecule has 1 aromatic carbocycles. The number of aliphatic hydroxyl groups is 1. The van der Waals surface area contributed by atoms with Crippen LogP contribution < -0.4 is 10.6 Å². The summed E-state index contributed by atoms with van der Waals surface area (Å²) in [6, 6.07) is 9.54. The number of aliphatic hydroxyl groups excluding tert-OH is 1. The Hall–Kier alpha value is -1.59. The number of carbonyl (C=O) groups excluding carboxylic acids is 1. The lowest BCUT2D eigenvalue weighted by Crippen LogP contribution is -2.53. The summed E-state index contributed by atoms with van der Waals surface area (Å²) >= 11 is 0. The van der Waals surface area contributed by atoms with Crippen LogP contribution in [0.2, 0.25) is 0 Å². The van der Waals surface area contributed by atoms with Crippen LogP contribution in [0.15, 0.2) is 30.3 Å². The van der Waals surface area contributed by atoms with Gasteiger partial charge in [0.1, 0.15) is 5.60 Å². The summed E-state index contributed by atoms with van der Waals surface area (Å²) in [6.07, 6.45) is 5.63. The minimum absolute atomic E-state index is 0.203. The van der Waals surface area contributed by atoms with Crippen LogP contribution in [0.3, 0.4) is 0 Å². The van der Waals surface area contributed by atoms with E-state index in [1.165, 1.54) is 32.1 Å². The average molecular weight is 375 g/mol. The highest BCUT2D eigenvalue weighted by Crippen LogP contribution is 2.47. The van der Waals surface area contributed by atoms with Gasteiger partial charge >= 0.3 is 6.09 Å². The van der Waals surface area contributed by atoms with E-state index in [2.05, 4.69) is 10.6 Å². The van der Waals surface area contributed by atoms with Crippen molar-refractivity contribution in [2.24, 2.45) is 5.92 Å². The zero-order chi connectivity index (χ0) is 19.5. The summed E-state index contributed by atoms with van der Waals surface area (Å²) in [4.78, 5) is 12.3. The van der Waals surface area contributed by atoms with Gasteiger partial charge in [0.2, 0.25) is 0 Å². The fourth-order valence-electron chi connectivity index (χ4n) is 4.51. The van der Waals surface area contributed by atoms with Crippen LogP contribution in [0.4, 0.5) is 4.79 Å². The maximum absolute atomic E-state index is 12.3. The molecule has 27 heavy (non-hydrogen) atoms. The van der Waals surface area contributed by atoms with Crippen molar-refractivity contribution in [1.82, 2.24) is 10.6 Å². The van der Waals surface area contributed by atoms with E-state index in [1.807, 2.05) is 51.1 Å². The molecular weight excluding hydrogens is 340 g/mol. The maximum Gasteiger partial charge on any atom is 0.407 e. The second-order valence-electron chi connectivity index (χ2n) is 9.32. The highest BCUT2D eigenvalue weighted by Gasteiger charge is 2.44. The van der Waals surface area contributed by atoms with Gasteiger partial charge < -0.3 is 20.5 Å². The molecule has 3 N–H and O–H groups in total. The Balaban J connectivity index is 1.61. The SMILES string of the molecule is CC(C)(C)OC(=O)N[C@@H](Cc1ccccc1)[C@H](O)CN[C@]12CC[C@H](CC1)C2. The predicted octanol–water partition coefficient (Wildman–Crippen LogP) is 3.41. The van der Waals surface area contributed by atoms with E-state index in [9.17, 15) is 9.90 Å². The molecule has 2 fully saturated rings. The second-order valence-corrected chi connectivity index (χ2v) is 9.32. The first-order valence-electron chi connectivity index (χ1n) is 10.2. The first-order chi connectivity index (χ1) is 12.7. The van der Waals surface area contributed by atoms with Crippen LogP contribution in [-0.2, 0) is 11.2 Å². The Morgan fingerprint density at radius 2 is 1.93 bits per heavy atom. The Bertz CT molecular complexity index is 618. The minimum atomic E-state index is -0.674. The quantitative estimate of drug-likeness (QED) is 0.684. The van der Waals surface area contributed by atoms with Crippen LogP contribution in [0.1, 0.15) is 58.4 Å². The lowest BCUT2D eigenvalue weighted by molar-refractivity contribution is 0.0414. The molecule has 1 amide bonds. The number of benzene rings is 1. The average Bonchev–Trinajstić information content (AvgIpc) is 3.20. The predicted molar refractivity (Wildman–Crippen MR) is 107 cm³/mol. The highest BCUT2D eigenvalue weighted by molar-refractivity contribution is 5.68. The van der Waals surface area contributed by atoms with Crippen LogP contribution in [0, 0.1) is 5.92 Å². The van der Waals surface area contributed by atoms with E-state index in [1.54, 1.807) is 0 Å². The number of hydrogen-bond donors (Lipinski definition) is 3. The minimum Gasteiger partial charge on any atom is -0.444 e. The third-order valence-corrected chi connectivity index (χ3v) is 5.89. The van der Waals surface area contributed by atoms with E-state index < -0.39 is 23.8 Å². The van der Waals surface area contributed by atoms with Gasteiger partial charge in [-0.25, -0.2) is 4.79 Å². The number of carbonyl (C=O) groups is 1. The van der Waals surface area contributed by atoms with E-state index in [4.69, 9.17) is 4.74 Å². The van der Waals surface area contributed by atoms with Gasteiger partial charge in [-0.1, -0.05) is 30.3 Å². The van der Waals surface area contributed by atoms with Crippen molar-refractivity contribution in [3.05, 3.63) is 35.9 Å². The molecule has 2 aliphatic carbocycles. The molecule has 2 bridgehead atoms. The fraction of sp³-hybridized carbons (Fsp3) is 0.682. The number of alkyl carbamates (subject to hydrolysis) is 1. The molecule has 5 nitrogen and oxygen atoms in total. The molecular formula is C22H34N2O3. The van der Waals surface area contributed by atoms with Crippen LogP contribution in [0.5, 0.6) is 0 Å². The number of amides is 1. The summed E-state index contributed by atoms with van der Waals surface area (Å²) in [5.41, 5.74) is 0.721. The largest absolute Gasteiger partial charge is 0.444 e. The number of nitrogens with one attached hydrogen (secondary N) is 2. The number of ether oxygens (including phenoxy) is 1. The smallest absolute Gasteiger partial charge is 0.407 e. The van der Waals surface area contributed by atoms with Crippen molar-refractivity contribution in [3.63, 3.8) is 0 Å². The summed E-state index contributed by atoms with van der Waals surface area (Å²) < 4.78 is 5.40. The first-order valence-corrected chi connectivity index (χ1v) is 10.2. The van der Waals surface area contributed by atoms with Gasteiger partial charge in [-0.2, -0.15) is 0 Å². The normalized spacial score (nSPS) is 26.6. The summed E-state index contributed by atoms with van der Waals surface area (Å²) in [5.74, 6) is 0.856. The van der Waals surface area contributed by atoms with Crippen molar-refractivity contribution in [2.45, 2.75) is 82.6 Å². The standard InChI is InChI=1S/C22H34N2O3/c1-21(2,3)27-20(26)24-18(13-16-7-5-4-6-8-16)19(25)15-23-22-11-9-17(14-22)10-12-22/h4-8,17-19,23,25H,9-15H2,1-3H3,(H,24,26)/t17-,18-,19+,22-/m0/s1. The molecule has 0 radical (unpaired) electrons. The summed E-state index contributed by atoms with van der Waals surface area (Å²) in [5, 5.41) is 17.4. The van der Waals surface area contributed by atoms with Crippen molar-refractivity contribution in [3.8, 4) is 0 Å². The van der Waals surface area contributed by atoms with Crippen molar-refractivity contribution in [1.29, 1.82) is 0 Å². The monoisotopic (exact) mass is 374 g/mol. The van der Waals surface area contributed by atoms with Gasteiger partial charge in [0.15, 0.2) is 0 Å². The van der Waals surface area contributed by atoms with Gasteiger partial charge in [-0.05, 0) is 70.8 Å². The summed E-state index contributed by atoms with van der Waals surface area (Å²) in [7, 11) is 0. The molecule has 2 atom stereocenters.